The number of carboxylic acids is 1. The Morgan fingerprint density at radius 2 is 1.54 bits per heavy atom. The Balaban J connectivity index is 1.95. The van der Waals surface area contributed by atoms with E-state index in [1.165, 1.54) is 11.8 Å². The summed E-state index contributed by atoms with van der Waals surface area (Å²) in [6.07, 6.45) is -0.987. The first-order chi connectivity index (χ1) is 14.2. The normalized spacial score (nSPS) is 15.4. The molecule has 2 rings (SSSR count). The van der Waals surface area contributed by atoms with Crippen LogP contribution in [-0.2, 0) is 16.3 Å². The van der Waals surface area contributed by atoms with Crippen LogP contribution in [0.15, 0.2) is 60.7 Å². The highest BCUT2D eigenvalue weighted by Gasteiger charge is 2.10. The third kappa shape index (κ3) is 9.35. The molecule has 1 atom stereocenters. The molecule has 0 aliphatic rings. The van der Waals surface area contributed by atoms with E-state index >= 15 is 0 Å². The predicted molar refractivity (Wildman–Crippen MR) is 115 cm³/mol. The lowest BCUT2D eigenvalue weighted by Gasteiger charge is -2.16. The molecule has 1 N–H and O–H groups in total. The van der Waals surface area contributed by atoms with Crippen molar-refractivity contribution in [2.45, 2.75) is 48.8 Å². The van der Waals surface area contributed by atoms with Gasteiger partial charge < -0.3 is 5.11 Å². The maximum Gasteiger partial charge on any atom is 0.303 e. The second-order valence-electron chi connectivity index (χ2n) is 5.92. The Labute approximate surface area is 171 Å². The molecular formula is C22H28O2S2. The van der Waals surface area contributed by atoms with Crippen LogP contribution in [0, 0.1) is 0 Å². The fraction of sp³-hybridized carbons (Fsp3) is 0.409. The van der Waals surface area contributed by atoms with E-state index in [2.05, 4.69) is 0 Å². The highest BCUT2D eigenvalue weighted by Crippen LogP contribution is 2.27. The van der Waals surface area contributed by atoms with E-state index in [0.717, 1.165) is 16.9 Å². The van der Waals surface area contributed by atoms with Crippen LogP contribution in [-0.4, -0.2) is 22.0 Å². The SMILES string of the molecule is [2H]C([2H])(CC(CCCC([2H])([2H])C(=O)O)SCc1ccccc1)SCc1ccccc1. The number of rotatable bonds is 13. The Hall–Kier alpha value is -1.39. The number of thioether (sulfide) groups is 2. The third-order valence-corrected chi connectivity index (χ3v) is 6.02. The fourth-order valence-electron chi connectivity index (χ4n) is 2.42. The molecule has 1 unspecified atom stereocenters. The number of aliphatic carboxylic acids is 1. The van der Waals surface area contributed by atoms with Gasteiger partial charge in [-0.1, -0.05) is 67.1 Å². The second kappa shape index (κ2) is 12.9. The summed E-state index contributed by atoms with van der Waals surface area (Å²) in [5.74, 6) is -0.105. The molecule has 26 heavy (non-hydrogen) atoms. The molecular weight excluding hydrogens is 360 g/mol. The van der Waals surface area contributed by atoms with Crippen molar-refractivity contribution in [3.8, 4) is 0 Å². The zero-order valence-electron chi connectivity index (χ0n) is 18.8. The average Bonchev–Trinajstić information content (AvgIpc) is 2.71. The van der Waals surface area contributed by atoms with Crippen molar-refractivity contribution in [1.29, 1.82) is 0 Å². The minimum Gasteiger partial charge on any atom is -0.481 e. The lowest BCUT2D eigenvalue weighted by atomic mass is 10.1. The van der Waals surface area contributed by atoms with Crippen LogP contribution in [0.1, 0.15) is 48.7 Å². The summed E-state index contributed by atoms with van der Waals surface area (Å²) in [7, 11) is 0. The zero-order valence-corrected chi connectivity index (χ0v) is 16.4. The quantitative estimate of drug-likeness (QED) is 0.437. The van der Waals surface area contributed by atoms with Crippen molar-refractivity contribution >= 4 is 29.5 Å². The van der Waals surface area contributed by atoms with Crippen LogP contribution in [0.2, 0.25) is 0 Å². The number of hydrogen-bond donors (Lipinski definition) is 1. The molecule has 0 aliphatic carbocycles. The molecule has 4 heteroatoms. The minimum atomic E-state index is -2.24. The first kappa shape index (κ1) is 15.6. The van der Waals surface area contributed by atoms with Gasteiger partial charge in [0.25, 0.3) is 0 Å². The van der Waals surface area contributed by atoms with Gasteiger partial charge in [-0.15, -0.1) is 0 Å². The van der Waals surface area contributed by atoms with Crippen LogP contribution < -0.4 is 0 Å². The summed E-state index contributed by atoms with van der Waals surface area (Å²) in [6, 6.07) is 19.8. The van der Waals surface area contributed by atoms with Crippen molar-refractivity contribution in [2.24, 2.45) is 0 Å². The fourth-order valence-corrected chi connectivity index (χ4v) is 4.46. The molecule has 2 aromatic rings. The van der Waals surface area contributed by atoms with Crippen molar-refractivity contribution < 1.29 is 15.4 Å². The second-order valence-corrected chi connectivity index (χ2v) is 8.07. The molecule has 0 amide bonds. The smallest absolute Gasteiger partial charge is 0.303 e. The topological polar surface area (TPSA) is 37.3 Å². The van der Waals surface area contributed by atoms with Crippen LogP contribution in [0.4, 0.5) is 0 Å². The Morgan fingerprint density at radius 1 is 0.923 bits per heavy atom. The Kier molecular flexibility index (Phi) is 7.75. The van der Waals surface area contributed by atoms with Gasteiger partial charge in [0.1, 0.15) is 0 Å². The van der Waals surface area contributed by atoms with Gasteiger partial charge in [0, 0.05) is 28.6 Å². The molecule has 0 spiro atoms. The highest BCUT2D eigenvalue weighted by molar-refractivity contribution is 7.99. The predicted octanol–water partition coefficient (Wildman–Crippen LogP) is 6.26. The van der Waals surface area contributed by atoms with E-state index in [1.807, 2.05) is 60.7 Å². The van der Waals surface area contributed by atoms with Gasteiger partial charge in [-0.05, 0) is 36.1 Å². The van der Waals surface area contributed by atoms with Crippen LogP contribution in [0.3, 0.4) is 0 Å². The number of carbonyl (C=O) groups is 1. The molecule has 0 saturated heterocycles. The molecule has 0 radical (unpaired) electrons. The number of hydrogen-bond acceptors (Lipinski definition) is 3. The maximum atomic E-state index is 11.0. The van der Waals surface area contributed by atoms with E-state index in [4.69, 9.17) is 10.6 Å². The Morgan fingerprint density at radius 3 is 2.15 bits per heavy atom. The van der Waals surface area contributed by atoms with Crippen molar-refractivity contribution in [2.75, 3.05) is 5.70 Å². The van der Waals surface area contributed by atoms with Crippen molar-refractivity contribution in [3.05, 3.63) is 71.8 Å². The molecule has 0 saturated carbocycles. The maximum absolute atomic E-state index is 11.0. The summed E-state index contributed by atoms with van der Waals surface area (Å²) in [5, 5.41) is 8.96. The number of benzene rings is 2. The standard InChI is InChI=1S/C22H28O2S2/c23-22(24)14-8-7-13-21(26-18-20-11-5-2-6-12-20)15-16-25-17-19-9-3-1-4-10-19/h1-6,9-12,21H,7-8,13-18H2,(H,23,24)/i14D2,16D2. The summed E-state index contributed by atoms with van der Waals surface area (Å²) >= 11 is 2.94. The molecule has 2 nitrogen and oxygen atoms in total. The lowest BCUT2D eigenvalue weighted by Crippen LogP contribution is -2.06. The summed E-state index contributed by atoms with van der Waals surface area (Å²) in [6.45, 7) is 0. The van der Waals surface area contributed by atoms with E-state index in [1.54, 1.807) is 11.8 Å². The van der Waals surface area contributed by atoms with Gasteiger partial charge in [-0.2, -0.15) is 23.5 Å². The number of carboxylic acid groups (broad SMARTS) is 1. The van der Waals surface area contributed by atoms with E-state index in [0.29, 0.717) is 25.0 Å². The van der Waals surface area contributed by atoms with E-state index in [-0.39, 0.29) is 11.7 Å². The van der Waals surface area contributed by atoms with Crippen LogP contribution in [0.25, 0.3) is 0 Å². The molecule has 0 aromatic heterocycles. The van der Waals surface area contributed by atoms with Crippen LogP contribution in [0.5, 0.6) is 0 Å². The van der Waals surface area contributed by atoms with Gasteiger partial charge in [0.15, 0.2) is 0 Å². The monoisotopic (exact) mass is 392 g/mol. The molecule has 0 aliphatic heterocycles. The average molecular weight is 393 g/mol. The zero-order chi connectivity index (χ0) is 22.0. The largest absolute Gasteiger partial charge is 0.481 e. The molecule has 2 aromatic carbocycles. The summed E-state index contributed by atoms with van der Waals surface area (Å²) < 4.78 is 32.1. The molecule has 0 heterocycles. The van der Waals surface area contributed by atoms with E-state index < -0.39 is 18.0 Å². The summed E-state index contributed by atoms with van der Waals surface area (Å²) in [4.78, 5) is 11.0. The Bertz CT molecular complexity index is 773. The van der Waals surface area contributed by atoms with Gasteiger partial charge in [0.05, 0.1) is 0 Å². The third-order valence-electron chi connectivity index (χ3n) is 3.80. The lowest BCUT2D eigenvalue weighted by molar-refractivity contribution is -0.137. The highest BCUT2D eigenvalue weighted by atomic mass is 32.2. The van der Waals surface area contributed by atoms with Gasteiger partial charge in [-0.25, -0.2) is 0 Å². The first-order valence-electron chi connectivity index (χ1n) is 10.7. The van der Waals surface area contributed by atoms with Crippen molar-refractivity contribution in [3.63, 3.8) is 0 Å². The van der Waals surface area contributed by atoms with Crippen LogP contribution >= 0.6 is 23.5 Å². The van der Waals surface area contributed by atoms with Gasteiger partial charge in [0.2, 0.25) is 0 Å². The first-order valence-corrected chi connectivity index (χ1v) is 10.8. The summed E-state index contributed by atoms with van der Waals surface area (Å²) in [5.41, 5.74) is 0.816. The molecule has 0 bridgehead atoms. The van der Waals surface area contributed by atoms with Gasteiger partial charge >= 0.3 is 5.97 Å². The van der Waals surface area contributed by atoms with Crippen molar-refractivity contribution in [1.82, 2.24) is 0 Å². The molecule has 140 valence electrons. The minimum absolute atomic E-state index is 0.0203. The molecule has 0 fully saturated rings. The van der Waals surface area contributed by atoms with E-state index in [9.17, 15) is 4.79 Å². The van der Waals surface area contributed by atoms with Gasteiger partial charge in [-0.3, -0.25) is 4.79 Å².